The van der Waals surface area contributed by atoms with Gasteiger partial charge in [0.25, 0.3) is 0 Å². The van der Waals surface area contributed by atoms with Crippen molar-refractivity contribution in [1.82, 2.24) is 0 Å². The highest BCUT2D eigenvalue weighted by Gasteiger charge is 2.07. The van der Waals surface area contributed by atoms with E-state index in [9.17, 15) is 4.79 Å². The number of rotatable bonds is 6. The van der Waals surface area contributed by atoms with E-state index in [1.54, 1.807) is 20.1 Å². The van der Waals surface area contributed by atoms with Gasteiger partial charge in [-0.1, -0.05) is 6.07 Å². The van der Waals surface area contributed by atoms with Gasteiger partial charge in [-0.05, 0) is 47.7 Å². The van der Waals surface area contributed by atoms with Gasteiger partial charge in [-0.15, -0.1) is 0 Å². The first-order valence-corrected chi connectivity index (χ1v) is 6.55. The third-order valence-electron chi connectivity index (χ3n) is 2.02. The Labute approximate surface area is 120 Å². The molecular weight excluding hydrogens is 347 g/mol. The van der Waals surface area contributed by atoms with Crippen LogP contribution in [-0.2, 0) is 9.53 Å². The summed E-state index contributed by atoms with van der Waals surface area (Å²) in [6.45, 7) is 2.42. The molecule has 1 aromatic rings. The second-order valence-electron chi connectivity index (χ2n) is 3.24. The van der Waals surface area contributed by atoms with Crippen LogP contribution in [0.2, 0.25) is 0 Å². The number of benzene rings is 1. The second kappa shape index (κ2) is 7.97. The van der Waals surface area contributed by atoms with Crippen LogP contribution in [-0.4, -0.2) is 26.3 Å². The molecule has 0 radical (unpaired) electrons. The summed E-state index contributed by atoms with van der Waals surface area (Å²) in [5.41, 5.74) is 0. The fourth-order valence-corrected chi connectivity index (χ4v) is 1.89. The van der Waals surface area contributed by atoms with Crippen LogP contribution in [0, 0.1) is 3.57 Å². The molecule has 0 N–H and O–H groups in total. The number of hydrogen-bond acceptors (Lipinski definition) is 4. The van der Waals surface area contributed by atoms with E-state index in [1.165, 1.54) is 6.08 Å². The molecule has 0 amide bonds. The molecule has 98 valence electrons. The Morgan fingerprint density at radius 3 is 2.89 bits per heavy atom. The van der Waals surface area contributed by atoms with E-state index in [0.717, 1.165) is 3.57 Å². The molecule has 1 aromatic carbocycles. The van der Waals surface area contributed by atoms with Crippen LogP contribution in [0.1, 0.15) is 6.92 Å². The monoisotopic (exact) mass is 362 g/mol. The molecule has 0 spiro atoms. The fourth-order valence-electron chi connectivity index (χ4n) is 1.26. The van der Waals surface area contributed by atoms with Gasteiger partial charge in [0.2, 0.25) is 0 Å². The average Bonchev–Trinajstić information content (AvgIpc) is 2.36. The Bertz CT molecular complexity index is 429. The standard InChI is InChI=1S/C13H15IO4/c1-3-17-12(15)8-5-9-18-13-10(14)6-4-7-11(13)16-2/h4-8H,3,9H2,1-2H3. The molecule has 0 bridgehead atoms. The molecule has 0 saturated heterocycles. The van der Waals surface area contributed by atoms with Crippen molar-refractivity contribution in [2.24, 2.45) is 0 Å². The van der Waals surface area contributed by atoms with Gasteiger partial charge in [-0.25, -0.2) is 4.79 Å². The number of para-hydroxylation sites is 1. The highest BCUT2D eigenvalue weighted by Crippen LogP contribution is 2.31. The van der Waals surface area contributed by atoms with Gasteiger partial charge >= 0.3 is 5.97 Å². The van der Waals surface area contributed by atoms with Gasteiger partial charge in [0.15, 0.2) is 11.5 Å². The van der Waals surface area contributed by atoms with Gasteiger partial charge in [-0.3, -0.25) is 0 Å². The average molecular weight is 362 g/mol. The quantitative estimate of drug-likeness (QED) is 0.444. The number of carbonyl (C=O) groups is 1. The number of halogens is 1. The molecule has 0 atom stereocenters. The van der Waals surface area contributed by atoms with Crippen molar-refractivity contribution in [2.45, 2.75) is 6.92 Å². The van der Waals surface area contributed by atoms with E-state index in [4.69, 9.17) is 14.2 Å². The number of esters is 1. The Kier molecular flexibility index (Phi) is 6.56. The fraction of sp³-hybridized carbons (Fsp3) is 0.308. The lowest BCUT2D eigenvalue weighted by Gasteiger charge is -2.10. The first-order valence-electron chi connectivity index (χ1n) is 5.47. The van der Waals surface area contributed by atoms with Gasteiger partial charge in [0, 0.05) is 6.08 Å². The maximum atomic E-state index is 11.1. The number of hydrogen-bond donors (Lipinski definition) is 0. The van der Waals surface area contributed by atoms with Crippen molar-refractivity contribution in [1.29, 1.82) is 0 Å². The van der Waals surface area contributed by atoms with E-state index in [1.807, 2.05) is 18.2 Å². The van der Waals surface area contributed by atoms with Crippen LogP contribution in [0.3, 0.4) is 0 Å². The molecule has 0 heterocycles. The van der Waals surface area contributed by atoms with E-state index >= 15 is 0 Å². The van der Waals surface area contributed by atoms with E-state index in [2.05, 4.69) is 22.6 Å². The molecule has 0 aliphatic heterocycles. The third-order valence-corrected chi connectivity index (χ3v) is 2.86. The largest absolute Gasteiger partial charge is 0.493 e. The highest BCUT2D eigenvalue weighted by atomic mass is 127. The first kappa shape index (κ1) is 14.8. The SMILES string of the molecule is CCOC(=O)C=CCOc1c(I)cccc1OC. The summed E-state index contributed by atoms with van der Waals surface area (Å²) in [4.78, 5) is 11.1. The smallest absolute Gasteiger partial charge is 0.330 e. The van der Waals surface area contributed by atoms with Crippen molar-refractivity contribution >= 4 is 28.6 Å². The van der Waals surface area contributed by atoms with Crippen molar-refractivity contribution < 1.29 is 19.0 Å². The first-order chi connectivity index (χ1) is 8.69. The number of ether oxygens (including phenoxy) is 3. The van der Waals surface area contributed by atoms with Crippen LogP contribution < -0.4 is 9.47 Å². The molecule has 0 aromatic heterocycles. The van der Waals surface area contributed by atoms with E-state index in [0.29, 0.717) is 18.1 Å². The van der Waals surface area contributed by atoms with Crippen molar-refractivity contribution in [2.75, 3.05) is 20.3 Å². The molecular formula is C13H15IO4. The van der Waals surface area contributed by atoms with Gasteiger partial charge in [-0.2, -0.15) is 0 Å². The third kappa shape index (κ3) is 4.56. The minimum absolute atomic E-state index is 0.287. The van der Waals surface area contributed by atoms with Crippen molar-refractivity contribution in [3.05, 3.63) is 33.9 Å². The molecule has 18 heavy (non-hydrogen) atoms. The summed E-state index contributed by atoms with van der Waals surface area (Å²) in [5.74, 6) is 0.983. The minimum Gasteiger partial charge on any atom is -0.493 e. The lowest BCUT2D eigenvalue weighted by atomic mass is 10.3. The zero-order chi connectivity index (χ0) is 13.4. The van der Waals surface area contributed by atoms with Crippen LogP contribution in [0.25, 0.3) is 0 Å². The Morgan fingerprint density at radius 1 is 1.44 bits per heavy atom. The molecule has 1 rings (SSSR count). The maximum absolute atomic E-state index is 11.1. The van der Waals surface area contributed by atoms with Gasteiger partial charge in [0.05, 0.1) is 17.3 Å². The molecule has 0 saturated carbocycles. The Morgan fingerprint density at radius 2 is 2.22 bits per heavy atom. The molecule has 4 nitrogen and oxygen atoms in total. The topological polar surface area (TPSA) is 44.8 Å². The lowest BCUT2D eigenvalue weighted by molar-refractivity contribution is -0.137. The van der Waals surface area contributed by atoms with Crippen LogP contribution >= 0.6 is 22.6 Å². The molecule has 0 fully saturated rings. The highest BCUT2D eigenvalue weighted by molar-refractivity contribution is 14.1. The normalized spacial score (nSPS) is 10.4. The summed E-state index contributed by atoms with van der Waals surface area (Å²) >= 11 is 2.17. The number of carbonyl (C=O) groups excluding carboxylic acids is 1. The van der Waals surface area contributed by atoms with Crippen LogP contribution in [0.4, 0.5) is 0 Å². The molecule has 0 unspecified atom stereocenters. The molecule has 0 aliphatic rings. The van der Waals surface area contributed by atoms with Crippen molar-refractivity contribution in [3.8, 4) is 11.5 Å². The molecule has 5 heteroatoms. The summed E-state index contributed by atoms with van der Waals surface area (Å²) < 4.78 is 16.5. The van der Waals surface area contributed by atoms with E-state index in [-0.39, 0.29) is 12.6 Å². The maximum Gasteiger partial charge on any atom is 0.330 e. The lowest BCUT2D eigenvalue weighted by Crippen LogP contribution is -2.02. The summed E-state index contributed by atoms with van der Waals surface area (Å²) in [5, 5.41) is 0. The summed E-state index contributed by atoms with van der Waals surface area (Å²) in [7, 11) is 1.59. The van der Waals surface area contributed by atoms with E-state index < -0.39 is 0 Å². The van der Waals surface area contributed by atoms with Crippen LogP contribution in [0.5, 0.6) is 11.5 Å². The zero-order valence-electron chi connectivity index (χ0n) is 10.3. The summed E-state index contributed by atoms with van der Waals surface area (Å²) in [6, 6.07) is 5.64. The van der Waals surface area contributed by atoms with Gasteiger partial charge < -0.3 is 14.2 Å². The van der Waals surface area contributed by atoms with Gasteiger partial charge in [0.1, 0.15) is 6.61 Å². The molecule has 0 aliphatic carbocycles. The second-order valence-corrected chi connectivity index (χ2v) is 4.40. The minimum atomic E-state index is -0.365. The Balaban J connectivity index is 2.56. The van der Waals surface area contributed by atoms with Crippen molar-refractivity contribution in [3.63, 3.8) is 0 Å². The Hall–Kier alpha value is -1.24. The summed E-state index contributed by atoms with van der Waals surface area (Å²) in [6.07, 6.45) is 2.96. The van der Waals surface area contributed by atoms with Crippen LogP contribution in [0.15, 0.2) is 30.4 Å². The number of methoxy groups -OCH3 is 1. The zero-order valence-corrected chi connectivity index (χ0v) is 12.5. The predicted octanol–water partition coefficient (Wildman–Crippen LogP) is 2.80. The predicted molar refractivity (Wildman–Crippen MR) is 77.0 cm³/mol.